The number of hydrogen-bond acceptors (Lipinski definition) is 4. The summed E-state index contributed by atoms with van der Waals surface area (Å²) in [6.07, 6.45) is 3.84. The van der Waals surface area contributed by atoms with Gasteiger partial charge in [0.15, 0.2) is 0 Å². The third-order valence-electron chi connectivity index (χ3n) is 3.84. The third-order valence-corrected chi connectivity index (χ3v) is 4.75. The topological polar surface area (TPSA) is 42.2 Å². The molecule has 3 heterocycles. The van der Waals surface area contributed by atoms with Crippen molar-refractivity contribution in [2.75, 3.05) is 5.32 Å². The van der Waals surface area contributed by atoms with E-state index in [0.717, 1.165) is 32.6 Å². The van der Waals surface area contributed by atoms with Crippen molar-refractivity contribution in [3.63, 3.8) is 0 Å². The molecule has 0 saturated carbocycles. The first-order valence-electron chi connectivity index (χ1n) is 8.78. The fourth-order valence-electron chi connectivity index (χ4n) is 2.72. The van der Waals surface area contributed by atoms with Crippen molar-refractivity contribution >= 4 is 22.8 Å². The molecular formula is C22H20N4S. The number of nitrogens with one attached hydrogen (secondary N) is 1. The molecule has 3 aromatic heterocycles. The fraction of sp³-hybridized carbons (Fsp3) is 0.182. The second-order valence-corrected chi connectivity index (χ2v) is 8.29. The van der Waals surface area contributed by atoms with Crippen molar-refractivity contribution < 1.29 is 0 Å². The number of benzene rings is 1. The molecule has 0 aliphatic carbocycles. The Balaban J connectivity index is 1.74. The maximum atomic E-state index is 4.80. The van der Waals surface area contributed by atoms with E-state index < -0.39 is 0 Å². The van der Waals surface area contributed by atoms with Gasteiger partial charge in [-0.25, -0.2) is 9.97 Å². The molecule has 1 N–H and O–H groups in total. The van der Waals surface area contributed by atoms with Gasteiger partial charge < -0.3 is 5.32 Å². The summed E-state index contributed by atoms with van der Waals surface area (Å²) in [6, 6.07) is 16.0. The van der Waals surface area contributed by atoms with Crippen LogP contribution in [0.15, 0.2) is 60.9 Å². The lowest BCUT2D eigenvalue weighted by Crippen LogP contribution is -2.27. The zero-order chi connectivity index (χ0) is 18.9. The van der Waals surface area contributed by atoms with Gasteiger partial charge in [-0.3, -0.25) is 4.40 Å². The Labute approximate surface area is 162 Å². The van der Waals surface area contributed by atoms with Gasteiger partial charge in [0.05, 0.1) is 11.1 Å². The minimum absolute atomic E-state index is 0.0895. The summed E-state index contributed by atoms with van der Waals surface area (Å²) in [7, 11) is 0. The molecule has 27 heavy (non-hydrogen) atoms. The Morgan fingerprint density at radius 1 is 1.00 bits per heavy atom. The van der Waals surface area contributed by atoms with Crippen molar-refractivity contribution in [1.82, 2.24) is 14.4 Å². The second kappa shape index (κ2) is 6.90. The molecule has 0 atom stereocenters. The normalized spacial score (nSPS) is 11.2. The Morgan fingerprint density at radius 3 is 2.56 bits per heavy atom. The van der Waals surface area contributed by atoms with Gasteiger partial charge in [0, 0.05) is 17.3 Å². The van der Waals surface area contributed by atoms with Crippen LogP contribution in [0.3, 0.4) is 0 Å². The van der Waals surface area contributed by atoms with Gasteiger partial charge in [-0.1, -0.05) is 30.2 Å². The summed E-state index contributed by atoms with van der Waals surface area (Å²) in [4.78, 5) is 10.3. The molecule has 0 bridgehead atoms. The van der Waals surface area contributed by atoms with Crippen LogP contribution in [0.2, 0.25) is 0 Å². The van der Waals surface area contributed by atoms with Crippen LogP contribution in [0.4, 0.5) is 5.82 Å². The van der Waals surface area contributed by atoms with Crippen LogP contribution in [-0.2, 0) is 0 Å². The van der Waals surface area contributed by atoms with Crippen LogP contribution < -0.4 is 5.32 Å². The fourth-order valence-corrected chi connectivity index (χ4v) is 3.48. The molecule has 4 aromatic rings. The van der Waals surface area contributed by atoms with Gasteiger partial charge in [0.1, 0.15) is 22.2 Å². The molecule has 0 aliphatic heterocycles. The third kappa shape index (κ3) is 3.86. The van der Waals surface area contributed by atoms with Crippen molar-refractivity contribution in [3.8, 4) is 22.5 Å². The quantitative estimate of drug-likeness (QED) is 0.500. The lowest BCUT2D eigenvalue weighted by Gasteiger charge is -2.22. The average Bonchev–Trinajstić information content (AvgIpc) is 3.25. The first-order valence-corrected chi connectivity index (χ1v) is 9.60. The largest absolute Gasteiger partial charge is 0.365 e. The number of anilines is 1. The van der Waals surface area contributed by atoms with Crippen molar-refractivity contribution in [1.29, 1.82) is 0 Å². The van der Waals surface area contributed by atoms with E-state index in [2.05, 4.69) is 47.3 Å². The van der Waals surface area contributed by atoms with Crippen LogP contribution in [-0.4, -0.2) is 19.9 Å². The number of fused-ring (bicyclic) bond motifs is 1. The summed E-state index contributed by atoms with van der Waals surface area (Å²) >= 11 is 1.56. The molecule has 1 aromatic carbocycles. The zero-order valence-corrected chi connectivity index (χ0v) is 16.3. The molecule has 5 heteroatoms. The van der Waals surface area contributed by atoms with Gasteiger partial charge in [-0.15, -0.1) is 11.3 Å². The minimum Gasteiger partial charge on any atom is -0.365 e. The van der Waals surface area contributed by atoms with Gasteiger partial charge in [0.25, 0.3) is 0 Å². The van der Waals surface area contributed by atoms with Crippen molar-refractivity contribution in [3.05, 3.63) is 71.4 Å². The molecule has 0 saturated heterocycles. The first kappa shape index (κ1) is 17.3. The van der Waals surface area contributed by atoms with E-state index in [4.69, 9.17) is 4.98 Å². The summed E-state index contributed by atoms with van der Waals surface area (Å²) in [5.41, 5.74) is 2.66. The predicted molar refractivity (Wildman–Crippen MR) is 112 cm³/mol. The van der Waals surface area contributed by atoms with Gasteiger partial charge in [-0.05, 0) is 51.0 Å². The molecule has 0 amide bonds. The summed E-state index contributed by atoms with van der Waals surface area (Å²) < 4.78 is 2.07. The van der Waals surface area contributed by atoms with Crippen LogP contribution in [0.25, 0.3) is 16.3 Å². The maximum absolute atomic E-state index is 4.80. The highest BCUT2D eigenvalue weighted by Gasteiger charge is 2.20. The standard InChI is InChI=1S/C22H20N4S/c1-22(2,3)25-20-19(24-18-11-7-8-14-26(18)20)21-23-15-17(27-21)13-12-16-9-5-4-6-10-16/h4-11,14-15,25H,1-3H3. The van der Waals surface area contributed by atoms with Crippen molar-refractivity contribution in [2.24, 2.45) is 0 Å². The van der Waals surface area contributed by atoms with E-state index in [1.165, 1.54) is 0 Å². The van der Waals surface area contributed by atoms with E-state index in [1.807, 2.05) is 60.9 Å². The molecule has 0 radical (unpaired) electrons. The van der Waals surface area contributed by atoms with E-state index in [0.29, 0.717) is 0 Å². The molecule has 0 unspecified atom stereocenters. The lowest BCUT2D eigenvalue weighted by atomic mass is 10.1. The average molecular weight is 372 g/mol. The van der Waals surface area contributed by atoms with Gasteiger partial charge >= 0.3 is 0 Å². The highest BCUT2D eigenvalue weighted by Crippen LogP contribution is 2.33. The lowest BCUT2D eigenvalue weighted by molar-refractivity contribution is 0.629. The van der Waals surface area contributed by atoms with E-state index in [-0.39, 0.29) is 5.54 Å². The Kier molecular flexibility index (Phi) is 4.43. The molecule has 0 fully saturated rings. The van der Waals surface area contributed by atoms with E-state index >= 15 is 0 Å². The summed E-state index contributed by atoms with van der Waals surface area (Å²) in [5.74, 6) is 7.34. The minimum atomic E-state index is -0.0895. The maximum Gasteiger partial charge on any atom is 0.146 e. The molecular weight excluding hydrogens is 352 g/mol. The summed E-state index contributed by atoms with van der Waals surface area (Å²) in [5, 5.41) is 4.43. The predicted octanol–water partition coefficient (Wildman–Crippen LogP) is 5.07. The van der Waals surface area contributed by atoms with Crippen LogP contribution in [0.1, 0.15) is 31.2 Å². The second-order valence-electron chi connectivity index (χ2n) is 7.26. The zero-order valence-electron chi connectivity index (χ0n) is 15.5. The Bertz CT molecular complexity index is 1140. The number of aromatic nitrogens is 3. The highest BCUT2D eigenvalue weighted by molar-refractivity contribution is 7.15. The highest BCUT2D eigenvalue weighted by atomic mass is 32.1. The van der Waals surface area contributed by atoms with Crippen LogP contribution >= 0.6 is 11.3 Å². The number of pyridine rings is 1. The van der Waals surface area contributed by atoms with Crippen molar-refractivity contribution in [2.45, 2.75) is 26.3 Å². The van der Waals surface area contributed by atoms with Gasteiger partial charge in [0.2, 0.25) is 0 Å². The van der Waals surface area contributed by atoms with E-state index in [1.54, 1.807) is 11.3 Å². The number of rotatable bonds is 2. The van der Waals surface area contributed by atoms with Crippen LogP contribution in [0, 0.1) is 11.8 Å². The van der Waals surface area contributed by atoms with Gasteiger partial charge in [-0.2, -0.15) is 0 Å². The van der Waals surface area contributed by atoms with E-state index in [9.17, 15) is 0 Å². The summed E-state index contributed by atoms with van der Waals surface area (Å²) in [6.45, 7) is 6.41. The number of imidazole rings is 1. The molecule has 4 nitrogen and oxygen atoms in total. The smallest absolute Gasteiger partial charge is 0.146 e. The monoisotopic (exact) mass is 372 g/mol. The number of hydrogen-bond donors (Lipinski definition) is 1. The molecule has 0 spiro atoms. The number of nitrogens with zero attached hydrogens (tertiary/aromatic N) is 3. The first-order chi connectivity index (χ1) is 13.0. The van der Waals surface area contributed by atoms with Crippen LogP contribution in [0.5, 0.6) is 0 Å². The SMILES string of the molecule is CC(C)(C)Nc1c(-c2ncc(C#Cc3ccccc3)s2)nc2ccccn12. The number of thiazole rings is 1. The Hall–Kier alpha value is -3.10. The molecule has 4 rings (SSSR count). The molecule has 0 aliphatic rings. The Morgan fingerprint density at radius 2 is 1.78 bits per heavy atom. The molecule has 134 valence electrons.